The number of carbonyl (C=O) groups excluding carboxylic acids is 2. The maximum Gasteiger partial charge on any atom is 0.338 e. The van der Waals surface area contributed by atoms with Crippen LogP contribution < -0.4 is 5.32 Å². The minimum absolute atomic E-state index is 0.214. The zero-order valence-corrected chi connectivity index (χ0v) is 14.4. The number of carbonyl (C=O) groups is 2. The lowest BCUT2D eigenvalue weighted by atomic mass is 10.1. The zero-order valence-electron chi connectivity index (χ0n) is 13.6. The molecule has 130 valence electrons. The number of nitrogens with zero attached hydrogens (tertiary/aromatic N) is 1. The molecule has 0 bridgehead atoms. The summed E-state index contributed by atoms with van der Waals surface area (Å²) in [5.74, 6) is -1.86. The summed E-state index contributed by atoms with van der Waals surface area (Å²) >= 11 is 0. The van der Waals surface area contributed by atoms with E-state index in [1.165, 1.54) is 31.2 Å². The van der Waals surface area contributed by atoms with Crippen LogP contribution in [0.25, 0.3) is 0 Å². The highest BCUT2D eigenvalue weighted by Gasteiger charge is 2.18. The first-order valence-corrected chi connectivity index (χ1v) is 9.26. The van der Waals surface area contributed by atoms with Crippen LogP contribution in [-0.4, -0.2) is 38.7 Å². The van der Waals surface area contributed by atoms with Gasteiger partial charge < -0.3 is 10.1 Å². The molecule has 0 radical (unpaired) electrons. The van der Waals surface area contributed by atoms with Gasteiger partial charge in [-0.2, -0.15) is 5.26 Å². The molecule has 1 rings (SSSR count). The van der Waals surface area contributed by atoms with Gasteiger partial charge in [-0.25, -0.2) is 13.2 Å². The van der Waals surface area contributed by atoms with Gasteiger partial charge in [0.2, 0.25) is 0 Å². The van der Waals surface area contributed by atoms with Gasteiger partial charge in [0.15, 0.2) is 15.9 Å². The highest BCUT2D eigenvalue weighted by molar-refractivity contribution is 7.90. The monoisotopic (exact) mass is 352 g/mol. The van der Waals surface area contributed by atoms with Crippen molar-refractivity contribution in [2.75, 3.05) is 12.3 Å². The van der Waals surface area contributed by atoms with Gasteiger partial charge in [0, 0.05) is 6.54 Å². The van der Waals surface area contributed by atoms with Crippen molar-refractivity contribution in [1.29, 1.82) is 5.26 Å². The van der Waals surface area contributed by atoms with Gasteiger partial charge in [-0.05, 0) is 31.0 Å². The Morgan fingerprint density at radius 1 is 1.29 bits per heavy atom. The Morgan fingerprint density at radius 2 is 1.92 bits per heavy atom. The summed E-state index contributed by atoms with van der Waals surface area (Å²) in [5.41, 5.74) is 0.683. The molecule has 7 nitrogen and oxygen atoms in total. The Morgan fingerprint density at radius 3 is 2.46 bits per heavy atom. The van der Waals surface area contributed by atoms with E-state index in [2.05, 4.69) is 5.32 Å². The molecule has 0 aromatic heterocycles. The van der Waals surface area contributed by atoms with Gasteiger partial charge in [-0.1, -0.05) is 19.1 Å². The van der Waals surface area contributed by atoms with Crippen LogP contribution >= 0.6 is 0 Å². The van der Waals surface area contributed by atoms with Gasteiger partial charge in [0.1, 0.15) is 5.75 Å². The molecule has 0 saturated heterocycles. The SMILES string of the molecule is CCCNC(=O)[C@H](C)OC(=O)c1ccc(CS(=O)(=O)CC#N)cc1. The molecule has 0 aliphatic carbocycles. The second kappa shape index (κ2) is 9.03. The van der Waals surface area contributed by atoms with Crippen LogP contribution in [0.15, 0.2) is 24.3 Å². The first-order valence-electron chi connectivity index (χ1n) is 7.44. The number of hydrogen-bond donors (Lipinski definition) is 1. The van der Waals surface area contributed by atoms with Crippen LogP contribution in [0.1, 0.15) is 36.2 Å². The predicted octanol–water partition coefficient (Wildman–Crippen LogP) is 1.20. The highest BCUT2D eigenvalue weighted by Crippen LogP contribution is 2.11. The lowest BCUT2D eigenvalue weighted by molar-refractivity contribution is -0.129. The average molecular weight is 352 g/mol. The van der Waals surface area contributed by atoms with Crippen molar-refractivity contribution < 1.29 is 22.7 Å². The lowest BCUT2D eigenvalue weighted by Crippen LogP contribution is -2.36. The summed E-state index contributed by atoms with van der Waals surface area (Å²) in [6.45, 7) is 3.90. The number of amides is 1. The molecule has 0 saturated carbocycles. The van der Waals surface area contributed by atoms with Crippen LogP contribution in [0, 0.1) is 11.3 Å². The van der Waals surface area contributed by atoms with Gasteiger partial charge in [0.25, 0.3) is 5.91 Å². The number of nitrogens with one attached hydrogen (secondary N) is 1. The van der Waals surface area contributed by atoms with Crippen molar-refractivity contribution in [3.05, 3.63) is 35.4 Å². The van der Waals surface area contributed by atoms with E-state index in [1.807, 2.05) is 6.92 Å². The van der Waals surface area contributed by atoms with Crippen LogP contribution in [-0.2, 0) is 25.1 Å². The number of hydrogen-bond acceptors (Lipinski definition) is 6. The van der Waals surface area contributed by atoms with Crippen LogP contribution in [0.3, 0.4) is 0 Å². The van der Waals surface area contributed by atoms with Gasteiger partial charge in [0.05, 0.1) is 17.4 Å². The normalized spacial score (nSPS) is 12.0. The van der Waals surface area contributed by atoms with Crippen molar-refractivity contribution in [2.24, 2.45) is 0 Å². The van der Waals surface area contributed by atoms with Gasteiger partial charge >= 0.3 is 5.97 Å². The molecular formula is C16H20N2O5S. The van der Waals surface area contributed by atoms with Crippen LogP contribution in [0.4, 0.5) is 0 Å². The van der Waals surface area contributed by atoms with E-state index in [4.69, 9.17) is 10.00 Å². The Bertz CT molecular complexity index is 720. The molecule has 1 atom stereocenters. The molecule has 1 N–H and O–H groups in total. The number of esters is 1. The third-order valence-corrected chi connectivity index (χ3v) is 4.41. The molecule has 24 heavy (non-hydrogen) atoms. The quantitative estimate of drug-likeness (QED) is 0.703. The summed E-state index contributed by atoms with van der Waals surface area (Å²) in [7, 11) is -3.49. The number of sulfone groups is 1. The zero-order chi connectivity index (χ0) is 18.2. The summed E-state index contributed by atoms with van der Waals surface area (Å²) in [5, 5.41) is 11.1. The fourth-order valence-corrected chi connectivity index (χ4v) is 2.81. The Kier molecular flexibility index (Phi) is 7.39. The predicted molar refractivity (Wildman–Crippen MR) is 87.7 cm³/mol. The average Bonchev–Trinajstić information content (AvgIpc) is 2.52. The molecular weight excluding hydrogens is 332 g/mol. The largest absolute Gasteiger partial charge is 0.449 e. The van der Waals surface area contributed by atoms with E-state index in [-0.39, 0.29) is 17.2 Å². The fourth-order valence-electron chi connectivity index (χ4n) is 1.81. The number of nitriles is 1. The second-order valence-electron chi connectivity index (χ2n) is 5.23. The van der Waals surface area contributed by atoms with E-state index in [9.17, 15) is 18.0 Å². The highest BCUT2D eigenvalue weighted by atomic mass is 32.2. The van der Waals surface area contributed by atoms with Crippen molar-refractivity contribution in [2.45, 2.75) is 32.1 Å². The van der Waals surface area contributed by atoms with E-state index in [0.29, 0.717) is 12.1 Å². The van der Waals surface area contributed by atoms with E-state index in [1.54, 1.807) is 6.07 Å². The number of ether oxygens (including phenoxy) is 1. The summed E-state index contributed by atoms with van der Waals surface area (Å²) < 4.78 is 28.2. The third kappa shape index (κ3) is 6.38. The molecule has 0 fully saturated rings. The molecule has 8 heteroatoms. The second-order valence-corrected chi connectivity index (χ2v) is 7.29. The van der Waals surface area contributed by atoms with Crippen molar-refractivity contribution in [1.82, 2.24) is 5.32 Å². The van der Waals surface area contributed by atoms with Crippen LogP contribution in [0.5, 0.6) is 0 Å². The molecule has 0 aliphatic heterocycles. The van der Waals surface area contributed by atoms with Crippen LogP contribution in [0.2, 0.25) is 0 Å². The van der Waals surface area contributed by atoms with Gasteiger partial charge in [-0.3, -0.25) is 4.79 Å². The first kappa shape index (κ1) is 19.6. The molecule has 0 spiro atoms. The fraction of sp³-hybridized carbons (Fsp3) is 0.438. The molecule has 0 aliphatic rings. The minimum atomic E-state index is -3.49. The third-order valence-electron chi connectivity index (χ3n) is 3.06. The Labute approximate surface area is 141 Å². The van der Waals surface area contributed by atoms with Crippen molar-refractivity contribution >= 4 is 21.7 Å². The summed E-state index contributed by atoms with van der Waals surface area (Å²) in [6.07, 6.45) is -0.137. The molecule has 0 unspecified atom stereocenters. The molecule has 0 heterocycles. The number of benzene rings is 1. The Balaban J connectivity index is 2.67. The standard InChI is InChI=1S/C16H20N2O5S/c1-3-9-18-15(19)12(2)23-16(20)14-6-4-13(5-7-14)11-24(21,22)10-8-17/h4-7,12H,3,9-11H2,1-2H3,(H,18,19)/t12-/m0/s1. The van der Waals surface area contributed by atoms with E-state index < -0.39 is 27.7 Å². The van der Waals surface area contributed by atoms with Crippen molar-refractivity contribution in [3.63, 3.8) is 0 Å². The minimum Gasteiger partial charge on any atom is -0.449 e. The maximum absolute atomic E-state index is 12.0. The van der Waals surface area contributed by atoms with Crippen molar-refractivity contribution in [3.8, 4) is 6.07 Å². The molecule has 1 aromatic rings. The molecule has 1 amide bonds. The summed E-state index contributed by atoms with van der Waals surface area (Å²) in [6, 6.07) is 7.42. The molecule has 1 aromatic carbocycles. The lowest BCUT2D eigenvalue weighted by Gasteiger charge is -2.13. The van der Waals surface area contributed by atoms with Gasteiger partial charge in [-0.15, -0.1) is 0 Å². The van der Waals surface area contributed by atoms with E-state index in [0.717, 1.165) is 6.42 Å². The number of rotatable bonds is 8. The van der Waals surface area contributed by atoms with E-state index >= 15 is 0 Å². The smallest absolute Gasteiger partial charge is 0.338 e. The topological polar surface area (TPSA) is 113 Å². The first-order chi connectivity index (χ1) is 11.3. The Hall–Kier alpha value is -2.40. The maximum atomic E-state index is 12.0. The summed E-state index contributed by atoms with van der Waals surface area (Å²) in [4.78, 5) is 23.6.